The first-order chi connectivity index (χ1) is 14.6. The molecule has 8 heteroatoms. The summed E-state index contributed by atoms with van der Waals surface area (Å²) in [6.45, 7) is 5.09. The number of phenolic OH excluding ortho intramolecular Hbond substituents is 1. The molecule has 0 radical (unpaired) electrons. The number of ether oxygens (including phenoxy) is 2. The van der Waals surface area contributed by atoms with E-state index in [1.165, 1.54) is 5.69 Å². The molecule has 2 aromatic carbocycles. The van der Waals surface area contributed by atoms with Gasteiger partial charge < -0.3 is 30.1 Å². The Balaban J connectivity index is 0.00000341. The van der Waals surface area contributed by atoms with Gasteiger partial charge in [-0.05, 0) is 38.0 Å². The number of aromatic hydroxyl groups is 1. The number of halogens is 1. The van der Waals surface area contributed by atoms with Crippen LogP contribution in [-0.4, -0.2) is 51.0 Å². The Hall–Kier alpha value is -2.36. The van der Waals surface area contributed by atoms with E-state index in [4.69, 9.17) is 9.47 Å². The lowest BCUT2D eigenvalue weighted by atomic mass is 10.0. The third kappa shape index (κ3) is 6.81. The maximum absolute atomic E-state index is 10.3. The van der Waals surface area contributed by atoms with Gasteiger partial charge in [0.1, 0.15) is 5.75 Å². The number of hydrogen-bond acceptors (Lipinski definition) is 5. The van der Waals surface area contributed by atoms with Crippen molar-refractivity contribution in [3.8, 4) is 17.2 Å². The molecule has 1 aliphatic heterocycles. The van der Waals surface area contributed by atoms with Crippen LogP contribution < -0.4 is 25.0 Å². The van der Waals surface area contributed by atoms with E-state index in [-0.39, 0.29) is 35.8 Å². The first kappa shape index (κ1) is 24.9. The number of hydrogen-bond donors (Lipinski definition) is 3. The van der Waals surface area contributed by atoms with Crippen molar-refractivity contribution in [2.24, 2.45) is 4.99 Å². The molecule has 0 bridgehead atoms. The molecule has 1 unspecified atom stereocenters. The van der Waals surface area contributed by atoms with Gasteiger partial charge in [-0.25, -0.2) is 4.99 Å². The maximum Gasteiger partial charge on any atom is 0.191 e. The van der Waals surface area contributed by atoms with Gasteiger partial charge in [-0.1, -0.05) is 18.2 Å². The van der Waals surface area contributed by atoms with Crippen molar-refractivity contribution in [1.82, 2.24) is 10.6 Å². The fourth-order valence-corrected chi connectivity index (χ4v) is 3.67. The van der Waals surface area contributed by atoms with Gasteiger partial charge in [0, 0.05) is 43.0 Å². The zero-order valence-electron chi connectivity index (χ0n) is 18.4. The second kappa shape index (κ2) is 12.5. The van der Waals surface area contributed by atoms with Crippen LogP contribution in [0.5, 0.6) is 17.2 Å². The number of nitrogens with one attached hydrogen (secondary N) is 2. The number of anilines is 1. The summed E-state index contributed by atoms with van der Waals surface area (Å²) in [5, 5.41) is 17.2. The first-order valence-electron chi connectivity index (χ1n) is 10.4. The first-order valence-corrected chi connectivity index (χ1v) is 10.4. The van der Waals surface area contributed by atoms with Gasteiger partial charge in [0.05, 0.1) is 20.8 Å². The SMILES string of the molecule is CCNC(=NCc1cccc(OC)c1O)NC1CCCN(c2cccc(OC)c2)C1.I. The number of benzene rings is 2. The Morgan fingerprint density at radius 1 is 1.19 bits per heavy atom. The van der Waals surface area contributed by atoms with Crippen LogP contribution in [-0.2, 0) is 6.54 Å². The third-order valence-corrected chi connectivity index (χ3v) is 5.23. The zero-order chi connectivity index (χ0) is 21.3. The van der Waals surface area contributed by atoms with Gasteiger partial charge in [0.15, 0.2) is 17.5 Å². The van der Waals surface area contributed by atoms with Crippen molar-refractivity contribution < 1.29 is 14.6 Å². The molecule has 0 aliphatic carbocycles. The van der Waals surface area contributed by atoms with Crippen molar-refractivity contribution in [2.75, 3.05) is 38.8 Å². The molecule has 7 nitrogen and oxygen atoms in total. The fraction of sp³-hybridized carbons (Fsp3) is 0.435. The van der Waals surface area contributed by atoms with Crippen LogP contribution in [0.1, 0.15) is 25.3 Å². The summed E-state index contributed by atoms with van der Waals surface area (Å²) in [4.78, 5) is 7.06. The second-order valence-corrected chi connectivity index (χ2v) is 7.29. The van der Waals surface area contributed by atoms with Crippen LogP contribution in [0, 0.1) is 0 Å². The lowest BCUT2D eigenvalue weighted by Crippen LogP contribution is -2.51. The normalized spacial score (nSPS) is 16.3. The van der Waals surface area contributed by atoms with E-state index < -0.39 is 0 Å². The van der Waals surface area contributed by atoms with E-state index >= 15 is 0 Å². The van der Waals surface area contributed by atoms with Gasteiger partial charge in [-0.2, -0.15) is 0 Å². The number of piperidine rings is 1. The number of para-hydroxylation sites is 1. The van der Waals surface area contributed by atoms with E-state index in [0.29, 0.717) is 12.3 Å². The smallest absolute Gasteiger partial charge is 0.191 e. The average molecular weight is 540 g/mol. The van der Waals surface area contributed by atoms with E-state index in [9.17, 15) is 5.11 Å². The molecular formula is C23H33IN4O3. The van der Waals surface area contributed by atoms with E-state index in [0.717, 1.165) is 49.7 Å². The van der Waals surface area contributed by atoms with Gasteiger partial charge in [-0.15, -0.1) is 24.0 Å². The molecule has 0 saturated carbocycles. The second-order valence-electron chi connectivity index (χ2n) is 7.29. The van der Waals surface area contributed by atoms with Crippen LogP contribution in [0.25, 0.3) is 0 Å². The summed E-state index contributed by atoms with van der Waals surface area (Å²) < 4.78 is 10.6. The Morgan fingerprint density at radius 3 is 2.74 bits per heavy atom. The molecule has 1 saturated heterocycles. The Labute approximate surface area is 201 Å². The standard InChI is InChI=1S/C23H32N4O3.HI/c1-4-24-23(25-15-17-8-5-12-21(30-3)22(17)28)26-18-9-7-13-27(16-18)19-10-6-11-20(14-19)29-2;/h5-6,8,10-12,14,18,28H,4,7,9,13,15-16H2,1-3H3,(H2,24,25,26);1H. The van der Waals surface area contributed by atoms with Gasteiger partial charge in [0.2, 0.25) is 0 Å². The van der Waals surface area contributed by atoms with E-state index in [1.54, 1.807) is 20.3 Å². The molecule has 1 heterocycles. The summed E-state index contributed by atoms with van der Waals surface area (Å²) >= 11 is 0. The number of rotatable bonds is 7. The predicted molar refractivity (Wildman–Crippen MR) is 136 cm³/mol. The summed E-state index contributed by atoms with van der Waals surface area (Å²) in [5.41, 5.74) is 1.90. The fourth-order valence-electron chi connectivity index (χ4n) is 3.67. The van der Waals surface area contributed by atoms with Crippen LogP contribution in [0.15, 0.2) is 47.5 Å². The molecule has 1 fully saturated rings. The molecule has 1 aliphatic rings. The van der Waals surface area contributed by atoms with E-state index in [2.05, 4.69) is 32.7 Å². The largest absolute Gasteiger partial charge is 0.504 e. The highest BCUT2D eigenvalue weighted by Gasteiger charge is 2.21. The zero-order valence-corrected chi connectivity index (χ0v) is 20.8. The Kier molecular flexibility index (Phi) is 10.0. The summed E-state index contributed by atoms with van der Waals surface area (Å²) in [6, 6.07) is 13.9. The highest BCUT2D eigenvalue weighted by molar-refractivity contribution is 14.0. The lowest BCUT2D eigenvalue weighted by Gasteiger charge is -2.35. The minimum Gasteiger partial charge on any atom is -0.504 e. The molecule has 2 aromatic rings. The van der Waals surface area contributed by atoms with Gasteiger partial charge in [-0.3, -0.25) is 0 Å². The molecular weight excluding hydrogens is 507 g/mol. The average Bonchev–Trinajstić information content (AvgIpc) is 2.78. The Morgan fingerprint density at radius 2 is 2.00 bits per heavy atom. The van der Waals surface area contributed by atoms with Crippen molar-refractivity contribution in [1.29, 1.82) is 0 Å². The molecule has 3 rings (SSSR count). The molecule has 1 atom stereocenters. The van der Waals surface area contributed by atoms with Crippen molar-refractivity contribution in [3.05, 3.63) is 48.0 Å². The van der Waals surface area contributed by atoms with Crippen molar-refractivity contribution in [2.45, 2.75) is 32.4 Å². The quantitative estimate of drug-likeness (QED) is 0.282. The number of phenols is 1. The summed E-state index contributed by atoms with van der Waals surface area (Å²) in [5.74, 6) is 2.22. The molecule has 0 spiro atoms. The van der Waals surface area contributed by atoms with Gasteiger partial charge in [0.25, 0.3) is 0 Å². The molecule has 0 aromatic heterocycles. The highest BCUT2D eigenvalue weighted by Crippen LogP contribution is 2.29. The van der Waals surface area contributed by atoms with Crippen molar-refractivity contribution >= 4 is 35.6 Å². The maximum atomic E-state index is 10.3. The molecule has 31 heavy (non-hydrogen) atoms. The highest BCUT2D eigenvalue weighted by atomic mass is 127. The number of guanidine groups is 1. The van der Waals surface area contributed by atoms with Crippen LogP contribution >= 0.6 is 24.0 Å². The van der Waals surface area contributed by atoms with Crippen LogP contribution in [0.2, 0.25) is 0 Å². The van der Waals surface area contributed by atoms with Crippen LogP contribution in [0.3, 0.4) is 0 Å². The number of aliphatic imine (C=N–C) groups is 1. The van der Waals surface area contributed by atoms with E-state index in [1.807, 2.05) is 31.2 Å². The van der Waals surface area contributed by atoms with Crippen molar-refractivity contribution in [3.63, 3.8) is 0 Å². The lowest BCUT2D eigenvalue weighted by molar-refractivity contribution is 0.370. The molecule has 170 valence electrons. The summed E-state index contributed by atoms with van der Waals surface area (Å²) in [7, 11) is 3.24. The monoisotopic (exact) mass is 540 g/mol. The summed E-state index contributed by atoms with van der Waals surface area (Å²) in [6.07, 6.45) is 2.18. The van der Waals surface area contributed by atoms with Gasteiger partial charge >= 0.3 is 0 Å². The number of nitrogens with zero attached hydrogens (tertiary/aromatic N) is 2. The minimum atomic E-state index is 0. The van der Waals surface area contributed by atoms with Crippen LogP contribution in [0.4, 0.5) is 5.69 Å². The predicted octanol–water partition coefficient (Wildman–Crippen LogP) is 3.75. The Bertz CT molecular complexity index is 862. The molecule has 0 amide bonds. The minimum absolute atomic E-state index is 0. The third-order valence-electron chi connectivity index (χ3n) is 5.23. The molecule has 3 N–H and O–H groups in total. The topological polar surface area (TPSA) is 78.4 Å². The number of methoxy groups -OCH3 is 2.